The fourth-order valence-electron chi connectivity index (χ4n) is 3.35. The van der Waals surface area contributed by atoms with E-state index in [1.807, 2.05) is 13.8 Å². The minimum absolute atomic E-state index is 0.109. The lowest BCUT2D eigenvalue weighted by atomic mass is 10.2. The summed E-state index contributed by atoms with van der Waals surface area (Å²) in [4.78, 5) is 33.9. The summed E-state index contributed by atoms with van der Waals surface area (Å²) >= 11 is 1.46. The predicted molar refractivity (Wildman–Crippen MR) is 130 cm³/mol. The van der Waals surface area contributed by atoms with Gasteiger partial charge in [0.1, 0.15) is 10.7 Å². The predicted octanol–water partition coefficient (Wildman–Crippen LogP) is 3.97. The molecule has 4 rings (SSSR count). The van der Waals surface area contributed by atoms with Crippen molar-refractivity contribution in [3.8, 4) is 0 Å². The molecule has 0 bridgehead atoms. The summed E-state index contributed by atoms with van der Waals surface area (Å²) in [7, 11) is -3.73. The molecule has 0 aliphatic carbocycles. The molecule has 4 aromatic rings. The third-order valence-corrected chi connectivity index (χ3v) is 7.63. The van der Waals surface area contributed by atoms with Gasteiger partial charge in [-0.25, -0.2) is 13.4 Å². The fourth-order valence-corrected chi connectivity index (χ4v) is 5.47. The second-order valence-electron chi connectivity index (χ2n) is 7.52. The van der Waals surface area contributed by atoms with Gasteiger partial charge in [-0.15, -0.1) is 11.3 Å². The van der Waals surface area contributed by atoms with E-state index in [1.165, 1.54) is 23.5 Å². The van der Waals surface area contributed by atoms with Gasteiger partial charge in [0.2, 0.25) is 5.91 Å². The van der Waals surface area contributed by atoms with Gasteiger partial charge < -0.3 is 10.3 Å². The first-order valence-corrected chi connectivity index (χ1v) is 12.5. The van der Waals surface area contributed by atoms with Gasteiger partial charge in [-0.2, -0.15) is 0 Å². The van der Waals surface area contributed by atoms with Crippen LogP contribution >= 0.6 is 11.3 Å². The van der Waals surface area contributed by atoms with Crippen LogP contribution in [0.25, 0.3) is 10.2 Å². The molecule has 0 aliphatic heterocycles. The first-order valence-electron chi connectivity index (χ1n) is 10.2. The van der Waals surface area contributed by atoms with Crippen molar-refractivity contribution in [3.05, 3.63) is 81.2 Å². The van der Waals surface area contributed by atoms with Crippen molar-refractivity contribution < 1.29 is 13.2 Å². The van der Waals surface area contributed by atoms with Crippen molar-refractivity contribution in [2.45, 2.75) is 31.6 Å². The highest BCUT2D eigenvalue weighted by molar-refractivity contribution is 7.92. The van der Waals surface area contributed by atoms with Gasteiger partial charge in [-0.1, -0.05) is 24.3 Å². The second-order valence-corrected chi connectivity index (χ2v) is 10.4. The lowest BCUT2D eigenvalue weighted by molar-refractivity contribution is -0.116. The number of carbonyl (C=O) groups is 1. The largest absolute Gasteiger partial charge is 0.326 e. The molecule has 0 atom stereocenters. The number of aromatic amines is 1. The number of aryl methyl sites for hydroxylation is 3. The van der Waals surface area contributed by atoms with Gasteiger partial charge in [0.15, 0.2) is 0 Å². The van der Waals surface area contributed by atoms with E-state index >= 15 is 0 Å². The van der Waals surface area contributed by atoms with Crippen molar-refractivity contribution in [1.29, 1.82) is 0 Å². The van der Waals surface area contributed by atoms with Crippen LogP contribution in [0.4, 0.5) is 11.4 Å². The number of nitrogens with one attached hydrogen (secondary N) is 3. The third kappa shape index (κ3) is 5.12. The van der Waals surface area contributed by atoms with Crippen LogP contribution in [-0.4, -0.2) is 24.3 Å². The first-order chi connectivity index (χ1) is 15.7. The van der Waals surface area contributed by atoms with Crippen LogP contribution in [0.3, 0.4) is 0 Å². The standard InChI is InChI=1S/C23H22N4O4S2/c1-14-15(2)32-23-21(14)22(29)25-19(26-23)11-12-20(28)24-16-7-6-8-17(13-16)27-33(30,31)18-9-4-3-5-10-18/h3-10,13,27H,11-12H2,1-2H3,(H,24,28)(H,25,26,29). The zero-order valence-electron chi connectivity index (χ0n) is 18.0. The monoisotopic (exact) mass is 482 g/mol. The number of rotatable bonds is 7. The number of H-pyrrole nitrogens is 1. The molecule has 10 heteroatoms. The SMILES string of the molecule is Cc1sc2nc(CCC(=O)Nc3cccc(NS(=O)(=O)c4ccccc4)c3)[nH]c(=O)c2c1C. The van der Waals surface area contributed by atoms with Gasteiger partial charge in [0.25, 0.3) is 15.6 Å². The molecule has 0 fully saturated rings. The molecule has 3 N–H and O–H groups in total. The second kappa shape index (κ2) is 9.16. The van der Waals surface area contributed by atoms with E-state index in [4.69, 9.17) is 0 Å². The summed E-state index contributed by atoms with van der Waals surface area (Å²) in [5, 5.41) is 3.35. The highest BCUT2D eigenvalue weighted by Crippen LogP contribution is 2.26. The average molecular weight is 483 g/mol. The molecule has 0 saturated heterocycles. The number of fused-ring (bicyclic) bond motifs is 1. The minimum Gasteiger partial charge on any atom is -0.326 e. The number of sulfonamides is 1. The molecule has 2 aromatic heterocycles. The maximum Gasteiger partial charge on any atom is 0.261 e. The van der Waals surface area contributed by atoms with E-state index in [0.717, 1.165) is 10.4 Å². The van der Waals surface area contributed by atoms with Crippen LogP contribution in [-0.2, 0) is 21.2 Å². The Labute approximate surface area is 194 Å². The minimum atomic E-state index is -3.73. The maximum atomic E-state index is 12.5. The van der Waals surface area contributed by atoms with Crippen LogP contribution in [0, 0.1) is 13.8 Å². The Kier molecular flexibility index (Phi) is 6.30. The molecule has 0 saturated carbocycles. The Balaban J connectivity index is 1.41. The highest BCUT2D eigenvalue weighted by atomic mass is 32.2. The molecule has 170 valence electrons. The van der Waals surface area contributed by atoms with E-state index in [-0.39, 0.29) is 29.2 Å². The van der Waals surface area contributed by atoms with E-state index in [9.17, 15) is 18.0 Å². The molecule has 2 aromatic carbocycles. The van der Waals surface area contributed by atoms with Crippen molar-refractivity contribution in [2.24, 2.45) is 0 Å². The first kappa shape index (κ1) is 22.7. The Morgan fingerprint density at radius 2 is 1.79 bits per heavy atom. The number of anilines is 2. The van der Waals surface area contributed by atoms with Gasteiger partial charge >= 0.3 is 0 Å². The summed E-state index contributed by atoms with van der Waals surface area (Å²) in [6.45, 7) is 3.84. The molecule has 2 heterocycles. The van der Waals surface area contributed by atoms with E-state index in [2.05, 4.69) is 20.0 Å². The molecule has 1 amide bonds. The number of thiophene rings is 1. The van der Waals surface area contributed by atoms with E-state index in [1.54, 1.807) is 42.5 Å². The molecule has 0 radical (unpaired) electrons. The highest BCUT2D eigenvalue weighted by Gasteiger charge is 2.15. The molecular weight excluding hydrogens is 460 g/mol. The Morgan fingerprint density at radius 3 is 2.55 bits per heavy atom. The van der Waals surface area contributed by atoms with Crippen molar-refractivity contribution >= 4 is 48.9 Å². The number of hydrogen-bond donors (Lipinski definition) is 3. The molecule has 8 nitrogen and oxygen atoms in total. The van der Waals surface area contributed by atoms with Crippen LogP contribution in [0.1, 0.15) is 22.7 Å². The zero-order valence-corrected chi connectivity index (χ0v) is 19.6. The lowest BCUT2D eigenvalue weighted by Gasteiger charge is -2.10. The number of carbonyl (C=O) groups excluding carboxylic acids is 1. The van der Waals surface area contributed by atoms with Gasteiger partial charge in [-0.05, 0) is 49.7 Å². The lowest BCUT2D eigenvalue weighted by Crippen LogP contribution is -2.16. The van der Waals surface area contributed by atoms with Crippen molar-refractivity contribution in [3.63, 3.8) is 0 Å². The fraction of sp³-hybridized carbons (Fsp3) is 0.174. The summed E-state index contributed by atoms with van der Waals surface area (Å²) in [6, 6.07) is 14.5. The van der Waals surface area contributed by atoms with Gasteiger partial charge in [0.05, 0.1) is 16.0 Å². The molecule has 0 spiro atoms. The van der Waals surface area contributed by atoms with Gasteiger partial charge in [-0.3, -0.25) is 14.3 Å². The van der Waals surface area contributed by atoms with E-state index < -0.39 is 10.0 Å². The number of hydrogen-bond acceptors (Lipinski definition) is 6. The van der Waals surface area contributed by atoms with Crippen molar-refractivity contribution in [2.75, 3.05) is 10.0 Å². The Bertz CT molecular complexity index is 1490. The number of benzene rings is 2. The number of amides is 1. The van der Waals surface area contributed by atoms with Crippen LogP contribution in [0.15, 0.2) is 64.3 Å². The average Bonchev–Trinajstić information content (AvgIpc) is 3.06. The zero-order chi connectivity index (χ0) is 23.6. The summed E-state index contributed by atoms with van der Waals surface area (Å²) in [6.07, 6.45) is 0.380. The molecule has 33 heavy (non-hydrogen) atoms. The number of nitrogens with zero attached hydrogens (tertiary/aromatic N) is 1. The Hall–Kier alpha value is -3.50. The molecule has 0 unspecified atom stereocenters. The normalized spacial score (nSPS) is 11.5. The summed E-state index contributed by atoms with van der Waals surface area (Å²) < 4.78 is 27.5. The van der Waals surface area contributed by atoms with Crippen LogP contribution < -0.4 is 15.6 Å². The van der Waals surface area contributed by atoms with Crippen molar-refractivity contribution in [1.82, 2.24) is 9.97 Å². The quantitative estimate of drug-likeness (QED) is 0.368. The van der Waals surface area contributed by atoms with Gasteiger partial charge in [0, 0.05) is 23.4 Å². The number of aromatic nitrogens is 2. The smallest absolute Gasteiger partial charge is 0.261 e. The topological polar surface area (TPSA) is 121 Å². The van der Waals surface area contributed by atoms with Crippen LogP contribution in [0.2, 0.25) is 0 Å². The maximum absolute atomic E-state index is 12.5. The van der Waals surface area contributed by atoms with E-state index in [0.29, 0.717) is 27.4 Å². The molecular formula is C23H22N4O4S2. The third-order valence-electron chi connectivity index (χ3n) is 5.13. The van der Waals surface area contributed by atoms with Crippen LogP contribution in [0.5, 0.6) is 0 Å². The molecule has 0 aliphatic rings. The summed E-state index contributed by atoms with van der Waals surface area (Å²) in [5.41, 5.74) is 1.51. The summed E-state index contributed by atoms with van der Waals surface area (Å²) in [5.74, 6) is 0.174. The Morgan fingerprint density at radius 1 is 1.06 bits per heavy atom.